The number of amides is 1. The van der Waals surface area contributed by atoms with Crippen molar-refractivity contribution in [3.63, 3.8) is 0 Å². The van der Waals surface area contributed by atoms with Crippen LogP contribution in [0.25, 0.3) is 0 Å². The zero-order valence-corrected chi connectivity index (χ0v) is 16.6. The number of alkyl carbamates (subject to hydrolysis) is 1. The predicted molar refractivity (Wildman–Crippen MR) is 99.9 cm³/mol. The molecule has 1 aromatic rings. The number of aromatic carboxylic acids is 1. The van der Waals surface area contributed by atoms with E-state index in [1.807, 2.05) is 0 Å². The smallest absolute Gasteiger partial charge is 0.407 e. The summed E-state index contributed by atoms with van der Waals surface area (Å²) >= 11 is 5.92. The van der Waals surface area contributed by atoms with E-state index in [2.05, 4.69) is 15.6 Å². The van der Waals surface area contributed by atoms with E-state index in [4.69, 9.17) is 21.4 Å². The van der Waals surface area contributed by atoms with Gasteiger partial charge in [0.25, 0.3) is 0 Å². The summed E-state index contributed by atoms with van der Waals surface area (Å²) in [4.78, 5) is 27.2. The molecule has 27 heavy (non-hydrogen) atoms. The average molecular weight is 402 g/mol. The van der Waals surface area contributed by atoms with Gasteiger partial charge in [-0.05, 0) is 40.5 Å². The van der Waals surface area contributed by atoms with E-state index in [-0.39, 0.29) is 34.2 Å². The summed E-state index contributed by atoms with van der Waals surface area (Å²) in [5.74, 6) is -2.22. The average Bonchev–Trinajstić information content (AvgIpc) is 2.52. The van der Waals surface area contributed by atoms with Gasteiger partial charge in [0.2, 0.25) is 0 Å². The first-order valence-corrected chi connectivity index (χ1v) is 9.22. The van der Waals surface area contributed by atoms with Crippen LogP contribution in [0, 0.1) is 12.7 Å². The van der Waals surface area contributed by atoms with E-state index >= 15 is 0 Å². The van der Waals surface area contributed by atoms with Crippen LogP contribution in [0.4, 0.5) is 15.0 Å². The zero-order valence-electron chi connectivity index (χ0n) is 15.9. The summed E-state index contributed by atoms with van der Waals surface area (Å²) in [5, 5.41) is 14.7. The van der Waals surface area contributed by atoms with Gasteiger partial charge in [0, 0.05) is 11.6 Å². The van der Waals surface area contributed by atoms with Crippen molar-refractivity contribution in [3.05, 3.63) is 22.1 Å². The molecule has 1 aromatic heterocycles. The number of aromatic nitrogens is 1. The molecule has 2 atom stereocenters. The maximum atomic E-state index is 14.6. The number of pyridine rings is 1. The van der Waals surface area contributed by atoms with Gasteiger partial charge in [-0.2, -0.15) is 0 Å². The number of nitrogens with zero attached hydrogens (tertiary/aromatic N) is 1. The van der Waals surface area contributed by atoms with Crippen LogP contribution in [-0.2, 0) is 4.74 Å². The molecule has 0 radical (unpaired) electrons. The Morgan fingerprint density at radius 1 is 1.26 bits per heavy atom. The van der Waals surface area contributed by atoms with Crippen LogP contribution >= 0.6 is 11.6 Å². The van der Waals surface area contributed by atoms with Gasteiger partial charge >= 0.3 is 12.1 Å². The van der Waals surface area contributed by atoms with E-state index in [1.54, 1.807) is 20.8 Å². The van der Waals surface area contributed by atoms with E-state index in [9.17, 15) is 14.0 Å². The standard InChI is InChI=1S/C18H25ClFN3O4/c1-9-12(16(24)25)14(19)23-15(13(9)20)21-10-7-5-6-8-11(10)22-17(26)27-18(2,3)4/h10-11H,5-8H2,1-4H3,(H,21,23)(H,22,26)(H,24,25). The fourth-order valence-corrected chi connectivity index (χ4v) is 3.41. The molecule has 1 amide bonds. The second kappa shape index (κ2) is 8.29. The number of halogens is 2. The lowest BCUT2D eigenvalue weighted by molar-refractivity contribution is 0.0488. The molecule has 1 aliphatic carbocycles. The highest BCUT2D eigenvalue weighted by atomic mass is 35.5. The molecule has 150 valence electrons. The minimum absolute atomic E-state index is 0.0857. The van der Waals surface area contributed by atoms with Crippen molar-refractivity contribution in [2.75, 3.05) is 5.32 Å². The lowest BCUT2D eigenvalue weighted by Gasteiger charge is -2.34. The molecular weight excluding hydrogens is 377 g/mol. The lowest BCUT2D eigenvalue weighted by atomic mass is 9.90. The molecule has 2 unspecified atom stereocenters. The Hall–Kier alpha value is -2.09. The third-order valence-electron chi connectivity index (χ3n) is 4.33. The van der Waals surface area contributed by atoms with Crippen LogP contribution in [0.2, 0.25) is 5.15 Å². The first kappa shape index (κ1) is 21.2. The highest BCUT2D eigenvalue weighted by Crippen LogP contribution is 2.28. The number of carboxylic acid groups (broad SMARTS) is 1. The van der Waals surface area contributed by atoms with Gasteiger partial charge in [0.15, 0.2) is 11.6 Å². The number of rotatable bonds is 4. The minimum atomic E-state index is -1.34. The van der Waals surface area contributed by atoms with E-state index in [0.29, 0.717) is 12.8 Å². The Morgan fingerprint density at radius 2 is 1.85 bits per heavy atom. The van der Waals surface area contributed by atoms with Gasteiger partial charge in [-0.3, -0.25) is 0 Å². The van der Waals surface area contributed by atoms with Crippen LogP contribution in [0.3, 0.4) is 0 Å². The molecule has 0 spiro atoms. The number of anilines is 1. The Morgan fingerprint density at radius 3 is 2.41 bits per heavy atom. The van der Waals surface area contributed by atoms with Crippen LogP contribution < -0.4 is 10.6 Å². The molecule has 7 nitrogen and oxygen atoms in total. The number of carbonyl (C=O) groups is 2. The number of hydrogen-bond donors (Lipinski definition) is 3. The summed E-state index contributed by atoms with van der Waals surface area (Å²) in [6, 6.07) is -0.549. The Bertz CT molecular complexity index is 736. The number of carbonyl (C=O) groups excluding carboxylic acids is 1. The van der Waals surface area contributed by atoms with Crippen molar-refractivity contribution in [2.24, 2.45) is 0 Å². The number of ether oxygens (including phenoxy) is 1. The molecule has 0 aromatic carbocycles. The van der Waals surface area contributed by atoms with Gasteiger partial charge in [0.05, 0.1) is 6.04 Å². The third-order valence-corrected chi connectivity index (χ3v) is 4.61. The quantitative estimate of drug-likeness (QED) is 0.656. The van der Waals surface area contributed by atoms with Crippen molar-refractivity contribution in [1.29, 1.82) is 0 Å². The van der Waals surface area contributed by atoms with Crippen LogP contribution in [-0.4, -0.2) is 39.8 Å². The predicted octanol–water partition coefficient (Wildman–Crippen LogP) is 4.13. The molecule has 0 saturated heterocycles. The summed E-state index contributed by atoms with van der Waals surface area (Å²) in [7, 11) is 0. The number of carboxylic acids is 1. The van der Waals surface area contributed by atoms with E-state index < -0.39 is 23.5 Å². The maximum Gasteiger partial charge on any atom is 0.407 e. The highest BCUT2D eigenvalue weighted by Gasteiger charge is 2.30. The van der Waals surface area contributed by atoms with Gasteiger partial charge < -0.3 is 20.5 Å². The van der Waals surface area contributed by atoms with Gasteiger partial charge in [-0.25, -0.2) is 19.0 Å². The first-order valence-electron chi connectivity index (χ1n) is 8.84. The molecule has 2 rings (SSSR count). The summed E-state index contributed by atoms with van der Waals surface area (Å²) in [6.45, 7) is 6.67. The summed E-state index contributed by atoms with van der Waals surface area (Å²) in [5.41, 5.74) is -1.06. The van der Waals surface area contributed by atoms with Crippen LogP contribution in [0.5, 0.6) is 0 Å². The molecule has 0 bridgehead atoms. The van der Waals surface area contributed by atoms with Crippen molar-refractivity contribution >= 4 is 29.5 Å². The molecule has 1 saturated carbocycles. The van der Waals surface area contributed by atoms with Gasteiger partial charge in [0.1, 0.15) is 16.3 Å². The van der Waals surface area contributed by atoms with Gasteiger partial charge in [-0.1, -0.05) is 24.4 Å². The molecule has 3 N–H and O–H groups in total. The first-order chi connectivity index (χ1) is 12.5. The van der Waals surface area contributed by atoms with Gasteiger partial charge in [-0.15, -0.1) is 0 Å². The van der Waals surface area contributed by atoms with Crippen molar-refractivity contribution in [1.82, 2.24) is 10.3 Å². The van der Waals surface area contributed by atoms with E-state index in [1.165, 1.54) is 6.92 Å². The molecule has 1 aliphatic rings. The molecule has 1 fully saturated rings. The Kier molecular flexibility index (Phi) is 6.51. The normalized spacial score (nSPS) is 20.1. The van der Waals surface area contributed by atoms with E-state index in [0.717, 1.165) is 12.8 Å². The Balaban J connectivity index is 2.19. The summed E-state index contributed by atoms with van der Waals surface area (Å²) < 4.78 is 19.9. The largest absolute Gasteiger partial charge is 0.478 e. The number of nitrogens with one attached hydrogen (secondary N) is 2. The molecule has 0 aliphatic heterocycles. The second-order valence-electron chi connectivity index (χ2n) is 7.66. The Labute approximate surface area is 162 Å². The fraction of sp³-hybridized carbons (Fsp3) is 0.611. The van der Waals surface area contributed by atoms with Crippen molar-refractivity contribution in [2.45, 2.75) is 71.1 Å². The lowest BCUT2D eigenvalue weighted by Crippen LogP contribution is -2.50. The maximum absolute atomic E-state index is 14.6. The van der Waals surface area contributed by atoms with Crippen LogP contribution in [0.1, 0.15) is 62.4 Å². The SMILES string of the molecule is Cc1c(F)c(NC2CCCCC2NC(=O)OC(C)(C)C)nc(Cl)c1C(=O)O. The highest BCUT2D eigenvalue weighted by molar-refractivity contribution is 6.32. The molecule has 9 heteroatoms. The fourth-order valence-electron chi connectivity index (χ4n) is 3.10. The van der Waals surface area contributed by atoms with Crippen molar-refractivity contribution in [3.8, 4) is 0 Å². The monoisotopic (exact) mass is 401 g/mol. The van der Waals surface area contributed by atoms with Crippen molar-refractivity contribution < 1.29 is 23.8 Å². The molecule has 1 heterocycles. The number of hydrogen-bond acceptors (Lipinski definition) is 5. The topological polar surface area (TPSA) is 101 Å². The second-order valence-corrected chi connectivity index (χ2v) is 8.02. The molecular formula is C18H25ClFN3O4. The minimum Gasteiger partial charge on any atom is -0.478 e. The third kappa shape index (κ3) is 5.45. The summed E-state index contributed by atoms with van der Waals surface area (Å²) in [6.07, 6.45) is 2.69. The zero-order chi connectivity index (χ0) is 20.4. The van der Waals surface area contributed by atoms with Crippen LogP contribution in [0.15, 0.2) is 0 Å².